The molecule has 0 fully saturated rings. The zero-order valence-electron chi connectivity index (χ0n) is 9.52. The number of hydrogen-bond acceptors (Lipinski definition) is 3. The van der Waals surface area contributed by atoms with Gasteiger partial charge in [-0.2, -0.15) is 5.26 Å². The van der Waals surface area contributed by atoms with Crippen LogP contribution in [0.1, 0.15) is 16.9 Å². The molecule has 0 amide bonds. The molecular formula is C14H14N2O. The van der Waals surface area contributed by atoms with Crippen molar-refractivity contribution in [3.8, 4) is 6.07 Å². The van der Waals surface area contributed by atoms with E-state index in [1.54, 1.807) is 6.26 Å². The molecule has 0 saturated carbocycles. The van der Waals surface area contributed by atoms with E-state index in [0.717, 1.165) is 30.8 Å². The van der Waals surface area contributed by atoms with Crippen LogP contribution in [0.4, 0.5) is 0 Å². The van der Waals surface area contributed by atoms with Gasteiger partial charge in [0.2, 0.25) is 0 Å². The van der Waals surface area contributed by atoms with Crippen molar-refractivity contribution in [3.63, 3.8) is 0 Å². The van der Waals surface area contributed by atoms with Crippen molar-refractivity contribution in [3.05, 3.63) is 59.5 Å². The number of benzene rings is 1. The van der Waals surface area contributed by atoms with Gasteiger partial charge in [0.25, 0.3) is 0 Å². The lowest BCUT2D eigenvalue weighted by molar-refractivity contribution is 0.499. The van der Waals surface area contributed by atoms with Gasteiger partial charge >= 0.3 is 0 Å². The predicted molar refractivity (Wildman–Crippen MR) is 65.3 cm³/mol. The molecule has 3 heteroatoms. The van der Waals surface area contributed by atoms with E-state index in [-0.39, 0.29) is 0 Å². The molecular weight excluding hydrogens is 212 g/mol. The highest BCUT2D eigenvalue weighted by molar-refractivity contribution is 5.32. The van der Waals surface area contributed by atoms with Gasteiger partial charge in [-0.25, -0.2) is 0 Å². The highest BCUT2D eigenvalue weighted by Gasteiger charge is 1.97. The third-order valence-corrected chi connectivity index (χ3v) is 2.51. The molecule has 0 aliphatic heterocycles. The lowest BCUT2D eigenvalue weighted by atomic mass is 10.1. The Morgan fingerprint density at radius 1 is 1.24 bits per heavy atom. The lowest BCUT2D eigenvalue weighted by Crippen LogP contribution is -2.16. The standard InChI is InChI=1S/C14H14N2O/c15-10-12-3-1-4-13(9-12)11-16-7-6-14-5-2-8-17-14/h1-5,8-9,16H,6-7,11H2. The second-order valence-corrected chi connectivity index (χ2v) is 3.82. The summed E-state index contributed by atoms with van der Waals surface area (Å²) >= 11 is 0. The van der Waals surface area contributed by atoms with Gasteiger partial charge in [0, 0.05) is 19.5 Å². The molecule has 1 heterocycles. The number of nitriles is 1. The Morgan fingerprint density at radius 2 is 2.18 bits per heavy atom. The fraction of sp³-hybridized carbons (Fsp3) is 0.214. The molecule has 2 aromatic rings. The SMILES string of the molecule is N#Cc1cccc(CNCCc2ccco2)c1. The largest absolute Gasteiger partial charge is 0.469 e. The second-order valence-electron chi connectivity index (χ2n) is 3.82. The Balaban J connectivity index is 1.76. The quantitative estimate of drug-likeness (QED) is 0.797. The average molecular weight is 226 g/mol. The van der Waals surface area contributed by atoms with Crippen LogP contribution in [-0.4, -0.2) is 6.54 Å². The van der Waals surface area contributed by atoms with Crippen LogP contribution >= 0.6 is 0 Å². The Hall–Kier alpha value is -2.05. The van der Waals surface area contributed by atoms with E-state index < -0.39 is 0 Å². The number of nitrogens with one attached hydrogen (secondary N) is 1. The van der Waals surface area contributed by atoms with Crippen LogP contribution in [0, 0.1) is 11.3 Å². The first-order valence-corrected chi connectivity index (χ1v) is 5.60. The summed E-state index contributed by atoms with van der Waals surface area (Å²) in [6.45, 7) is 1.64. The van der Waals surface area contributed by atoms with Crippen molar-refractivity contribution < 1.29 is 4.42 Å². The van der Waals surface area contributed by atoms with Crippen molar-refractivity contribution in [2.45, 2.75) is 13.0 Å². The van der Waals surface area contributed by atoms with Crippen molar-refractivity contribution in [2.24, 2.45) is 0 Å². The van der Waals surface area contributed by atoms with Gasteiger partial charge in [-0.3, -0.25) is 0 Å². The maximum atomic E-state index is 8.78. The molecule has 1 aromatic carbocycles. The molecule has 2 rings (SSSR count). The molecule has 17 heavy (non-hydrogen) atoms. The van der Waals surface area contributed by atoms with Gasteiger partial charge in [0.15, 0.2) is 0 Å². The Labute approximate surface area is 101 Å². The average Bonchev–Trinajstić information content (AvgIpc) is 2.88. The minimum absolute atomic E-state index is 0.704. The van der Waals surface area contributed by atoms with Crippen LogP contribution in [0.5, 0.6) is 0 Å². The Bertz CT molecular complexity index is 497. The van der Waals surface area contributed by atoms with Crippen molar-refractivity contribution in [1.82, 2.24) is 5.32 Å². The van der Waals surface area contributed by atoms with Crippen molar-refractivity contribution in [1.29, 1.82) is 5.26 Å². The third kappa shape index (κ3) is 3.47. The molecule has 1 aromatic heterocycles. The zero-order chi connectivity index (χ0) is 11.9. The monoisotopic (exact) mass is 226 g/mol. The molecule has 0 aliphatic carbocycles. The van der Waals surface area contributed by atoms with E-state index in [9.17, 15) is 0 Å². The molecule has 0 atom stereocenters. The van der Waals surface area contributed by atoms with Gasteiger partial charge in [-0.05, 0) is 29.8 Å². The summed E-state index contributed by atoms with van der Waals surface area (Å²) < 4.78 is 5.24. The smallest absolute Gasteiger partial charge is 0.105 e. The molecule has 86 valence electrons. The molecule has 0 saturated heterocycles. The maximum Gasteiger partial charge on any atom is 0.105 e. The normalized spacial score (nSPS) is 10.1. The summed E-state index contributed by atoms with van der Waals surface area (Å²) in [5.74, 6) is 0.989. The van der Waals surface area contributed by atoms with E-state index in [1.807, 2.05) is 36.4 Å². The van der Waals surface area contributed by atoms with E-state index in [1.165, 1.54) is 0 Å². The highest BCUT2D eigenvalue weighted by Crippen LogP contribution is 2.04. The topological polar surface area (TPSA) is 49.0 Å². The lowest BCUT2D eigenvalue weighted by Gasteiger charge is -2.03. The van der Waals surface area contributed by atoms with Gasteiger partial charge in [0.05, 0.1) is 17.9 Å². The van der Waals surface area contributed by atoms with Crippen LogP contribution in [0.15, 0.2) is 47.1 Å². The molecule has 0 radical (unpaired) electrons. The molecule has 0 aliphatic rings. The van der Waals surface area contributed by atoms with Crippen molar-refractivity contribution in [2.75, 3.05) is 6.54 Å². The number of nitrogens with zero attached hydrogens (tertiary/aromatic N) is 1. The predicted octanol–water partition coefficient (Wildman–Crippen LogP) is 2.48. The molecule has 3 nitrogen and oxygen atoms in total. The van der Waals surface area contributed by atoms with Crippen LogP contribution < -0.4 is 5.32 Å². The number of furan rings is 1. The highest BCUT2D eigenvalue weighted by atomic mass is 16.3. The summed E-state index contributed by atoms with van der Waals surface area (Å²) in [6.07, 6.45) is 2.57. The summed E-state index contributed by atoms with van der Waals surface area (Å²) in [6, 6.07) is 13.6. The van der Waals surface area contributed by atoms with Crippen molar-refractivity contribution >= 4 is 0 Å². The van der Waals surface area contributed by atoms with Crippen LogP contribution in [0.3, 0.4) is 0 Å². The van der Waals surface area contributed by atoms with E-state index in [2.05, 4.69) is 11.4 Å². The van der Waals surface area contributed by atoms with Crippen LogP contribution in [0.25, 0.3) is 0 Å². The Kier molecular flexibility index (Phi) is 3.95. The minimum atomic E-state index is 0.704. The van der Waals surface area contributed by atoms with E-state index >= 15 is 0 Å². The summed E-state index contributed by atoms with van der Waals surface area (Å²) in [5.41, 5.74) is 1.83. The molecule has 0 unspecified atom stereocenters. The summed E-state index contributed by atoms with van der Waals surface area (Å²) in [5, 5.41) is 12.1. The van der Waals surface area contributed by atoms with Gasteiger partial charge in [-0.1, -0.05) is 12.1 Å². The van der Waals surface area contributed by atoms with Crippen LogP contribution in [0.2, 0.25) is 0 Å². The molecule has 0 bridgehead atoms. The fourth-order valence-electron chi connectivity index (χ4n) is 1.65. The third-order valence-electron chi connectivity index (χ3n) is 2.51. The first kappa shape index (κ1) is 11.4. The molecule has 1 N–H and O–H groups in total. The second kappa shape index (κ2) is 5.88. The first-order chi connectivity index (χ1) is 8.38. The first-order valence-electron chi connectivity index (χ1n) is 5.60. The van der Waals surface area contributed by atoms with E-state index in [0.29, 0.717) is 5.56 Å². The number of hydrogen-bond donors (Lipinski definition) is 1. The van der Waals surface area contributed by atoms with Gasteiger partial charge < -0.3 is 9.73 Å². The van der Waals surface area contributed by atoms with Gasteiger partial charge in [-0.15, -0.1) is 0 Å². The number of rotatable bonds is 5. The Morgan fingerprint density at radius 3 is 2.94 bits per heavy atom. The maximum absolute atomic E-state index is 8.78. The van der Waals surface area contributed by atoms with Crippen LogP contribution in [-0.2, 0) is 13.0 Å². The fourth-order valence-corrected chi connectivity index (χ4v) is 1.65. The van der Waals surface area contributed by atoms with E-state index in [4.69, 9.17) is 9.68 Å². The molecule has 0 spiro atoms. The zero-order valence-corrected chi connectivity index (χ0v) is 9.52. The minimum Gasteiger partial charge on any atom is -0.469 e. The van der Waals surface area contributed by atoms with Gasteiger partial charge in [0.1, 0.15) is 5.76 Å². The summed E-state index contributed by atoms with van der Waals surface area (Å²) in [7, 11) is 0. The summed E-state index contributed by atoms with van der Waals surface area (Å²) in [4.78, 5) is 0.